The van der Waals surface area contributed by atoms with Gasteiger partial charge in [-0.05, 0) is 26.8 Å². The number of ether oxygens (including phenoxy) is 1. The number of hydrogen-bond donors (Lipinski definition) is 0. The maximum Gasteiger partial charge on any atom is 0.409 e. The van der Waals surface area contributed by atoms with E-state index in [1.54, 1.807) is 11.8 Å². The minimum absolute atomic E-state index is 0.0587. The van der Waals surface area contributed by atoms with Gasteiger partial charge in [0.2, 0.25) is 5.91 Å². The molecule has 2 aliphatic rings. The van der Waals surface area contributed by atoms with E-state index in [0.29, 0.717) is 19.7 Å². The number of amides is 2. The van der Waals surface area contributed by atoms with E-state index in [2.05, 4.69) is 11.9 Å². The average Bonchev–Trinajstić information content (AvgIpc) is 2.48. The quantitative estimate of drug-likeness (QED) is 0.746. The monoisotopic (exact) mass is 283 g/mol. The SMILES string of the molecule is CCOC(=O)N1CCCC(C(=O)N2CCN(C)CC2)C1. The van der Waals surface area contributed by atoms with Crippen LogP contribution in [-0.2, 0) is 9.53 Å². The van der Waals surface area contributed by atoms with Gasteiger partial charge in [-0.25, -0.2) is 4.79 Å². The molecule has 2 heterocycles. The predicted molar refractivity (Wildman–Crippen MR) is 75.4 cm³/mol. The Morgan fingerprint density at radius 1 is 1.10 bits per heavy atom. The van der Waals surface area contributed by atoms with Crippen LogP contribution < -0.4 is 0 Å². The topological polar surface area (TPSA) is 53.1 Å². The van der Waals surface area contributed by atoms with Crippen molar-refractivity contribution < 1.29 is 14.3 Å². The molecule has 6 heteroatoms. The second-order valence-electron chi connectivity index (χ2n) is 5.61. The van der Waals surface area contributed by atoms with E-state index in [9.17, 15) is 9.59 Å². The predicted octanol–water partition coefficient (Wildman–Crippen LogP) is 0.629. The third-order valence-electron chi connectivity index (χ3n) is 4.11. The van der Waals surface area contributed by atoms with E-state index in [1.807, 2.05) is 4.90 Å². The van der Waals surface area contributed by atoms with E-state index in [-0.39, 0.29) is 17.9 Å². The number of hydrogen-bond acceptors (Lipinski definition) is 4. The van der Waals surface area contributed by atoms with Crippen molar-refractivity contribution in [3.63, 3.8) is 0 Å². The second-order valence-corrected chi connectivity index (χ2v) is 5.61. The van der Waals surface area contributed by atoms with Crippen LogP contribution in [0.15, 0.2) is 0 Å². The number of rotatable bonds is 2. The Bertz CT molecular complexity index is 354. The molecule has 0 aromatic rings. The number of carbonyl (C=O) groups is 2. The third-order valence-corrected chi connectivity index (χ3v) is 4.11. The molecule has 2 fully saturated rings. The maximum atomic E-state index is 12.5. The lowest BCUT2D eigenvalue weighted by atomic mass is 9.96. The summed E-state index contributed by atoms with van der Waals surface area (Å²) in [4.78, 5) is 30.1. The Morgan fingerprint density at radius 3 is 2.45 bits per heavy atom. The average molecular weight is 283 g/mol. The van der Waals surface area contributed by atoms with Gasteiger partial charge in [0.1, 0.15) is 0 Å². The molecule has 0 aliphatic carbocycles. The Balaban J connectivity index is 1.88. The fourth-order valence-corrected chi connectivity index (χ4v) is 2.84. The summed E-state index contributed by atoms with van der Waals surface area (Å²) in [7, 11) is 2.07. The summed E-state index contributed by atoms with van der Waals surface area (Å²) in [6, 6.07) is 0. The lowest BCUT2D eigenvalue weighted by Gasteiger charge is -2.37. The molecule has 0 radical (unpaired) electrons. The molecular formula is C14H25N3O3. The van der Waals surface area contributed by atoms with Crippen LogP contribution in [0.4, 0.5) is 4.79 Å². The van der Waals surface area contributed by atoms with Gasteiger partial charge in [0, 0.05) is 39.3 Å². The summed E-state index contributed by atoms with van der Waals surface area (Å²) < 4.78 is 5.02. The van der Waals surface area contributed by atoms with Crippen LogP contribution in [0.25, 0.3) is 0 Å². The van der Waals surface area contributed by atoms with Gasteiger partial charge in [-0.1, -0.05) is 0 Å². The van der Waals surface area contributed by atoms with E-state index in [1.165, 1.54) is 0 Å². The molecule has 2 rings (SSSR count). The number of piperazine rings is 1. The van der Waals surface area contributed by atoms with Crippen molar-refractivity contribution in [1.29, 1.82) is 0 Å². The zero-order valence-electron chi connectivity index (χ0n) is 12.5. The molecule has 0 spiro atoms. The van der Waals surface area contributed by atoms with Gasteiger partial charge in [-0.3, -0.25) is 4.79 Å². The highest BCUT2D eigenvalue weighted by atomic mass is 16.6. The summed E-state index contributed by atoms with van der Waals surface area (Å²) in [6.07, 6.45) is 1.47. The van der Waals surface area contributed by atoms with Crippen molar-refractivity contribution in [2.45, 2.75) is 19.8 Å². The molecule has 0 aromatic carbocycles. The first kappa shape index (κ1) is 15.1. The molecule has 0 aromatic heterocycles. The first-order chi connectivity index (χ1) is 9.61. The number of piperidine rings is 1. The summed E-state index contributed by atoms with van der Waals surface area (Å²) in [5.41, 5.74) is 0. The molecule has 0 N–H and O–H groups in total. The van der Waals surface area contributed by atoms with Crippen LogP contribution in [0.2, 0.25) is 0 Å². The smallest absolute Gasteiger partial charge is 0.409 e. The molecule has 1 unspecified atom stereocenters. The summed E-state index contributed by atoms with van der Waals surface area (Å²) in [5, 5.41) is 0. The van der Waals surface area contributed by atoms with Gasteiger partial charge in [-0.2, -0.15) is 0 Å². The van der Waals surface area contributed by atoms with Crippen molar-refractivity contribution in [1.82, 2.24) is 14.7 Å². The van der Waals surface area contributed by atoms with Crippen molar-refractivity contribution in [3.05, 3.63) is 0 Å². The van der Waals surface area contributed by atoms with E-state index in [4.69, 9.17) is 4.74 Å². The highest BCUT2D eigenvalue weighted by molar-refractivity contribution is 5.80. The number of likely N-dealkylation sites (tertiary alicyclic amines) is 1. The number of nitrogens with zero attached hydrogens (tertiary/aromatic N) is 3. The van der Waals surface area contributed by atoms with E-state index < -0.39 is 0 Å². The minimum atomic E-state index is -0.289. The molecule has 6 nitrogen and oxygen atoms in total. The molecule has 2 amide bonds. The molecular weight excluding hydrogens is 258 g/mol. The number of carbonyl (C=O) groups excluding carboxylic acids is 2. The van der Waals surface area contributed by atoms with E-state index >= 15 is 0 Å². The third kappa shape index (κ3) is 3.62. The maximum absolute atomic E-state index is 12.5. The van der Waals surface area contributed by atoms with Crippen LogP contribution >= 0.6 is 0 Å². The fourth-order valence-electron chi connectivity index (χ4n) is 2.84. The van der Waals surface area contributed by atoms with Crippen molar-refractivity contribution >= 4 is 12.0 Å². The van der Waals surface area contributed by atoms with Gasteiger partial charge in [0.25, 0.3) is 0 Å². The normalized spacial score (nSPS) is 24.6. The fraction of sp³-hybridized carbons (Fsp3) is 0.857. The Morgan fingerprint density at radius 2 is 1.80 bits per heavy atom. The van der Waals surface area contributed by atoms with Crippen molar-refractivity contribution in [2.75, 3.05) is 52.9 Å². The Hall–Kier alpha value is -1.30. The molecule has 20 heavy (non-hydrogen) atoms. The summed E-state index contributed by atoms with van der Waals surface area (Å²) >= 11 is 0. The van der Waals surface area contributed by atoms with Crippen LogP contribution in [0.5, 0.6) is 0 Å². The van der Waals surface area contributed by atoms with Crippen LogP contribution in [0.1, 0.15) is 19.8 Å². The molecule has 114 valence electrons. The van der Waals surface area contributed by atoms with E-state index in [0.717, 1.165) is 39.0 Å². The minimum Gasteiger partial charge on any atom is -0.450 e. The number of likely N-dealkylation sites (N-methyl/N-ethyl adjacent to an activating group) is 1. The van der Waals surface area contributed by atoms with Gasteiger partial charge in [0.15, 0.2) is 0 Å². The Labute approximate surface area is 120 Å². The summed E-state index contributed by atoms with van der Waals surface area (Å²) in [5.74, 6) is 0.142. The standard InChI is InChI=1S/C14H25N3O3/c1-3-20-14(19)17-6-4-5-12(11-17)13(18)16-9-7-15(2)8-10-16/h12H,3-11H2,1-2H3. The largest absolute Gasteiger partial charge is 0.450 e. The van der Waals surface area contributed by atoms with Crippen LogP contribution in [0.3, 0.4) is 0 Å². The Kier molecular flexibility index (Phi) is 5.23. The highest BCUT2D eigenvalue weighted by Gasteiger charge is 2.32. The zero-order chi connectivity index (χ0) is 14.5. The van der Waals surface area contributed by atoms with Gasteiger partial charge < -0.3 is 19.4 Å². The first-order valence-corrected chi connectivity index (χ1v) is 7.51. The van der Waals surface area contributed by atoms with Crippen LogP contribution in [-0.4, -0.2) is 79.6 Å². The molecule has 0 bridgehead atoms. The lowest BCUT2D eigenvalue weighted by Crippen LogP contribution is -2.52. The zero-order valence-corrected chi connectivity index (χ0v) is 12.5. The first-order valence-electron chi connectivity index (χ1n) is 7.51. The van der Waals surface area contributed by atoms with Gasteiger partial charge in [0.05, 0.1) is 12.5 Å². The highest BCUT2D eigenvalue weighted by Crippen LogP contribution is 2.20. The molecule has 2 aliphatic heterocycles. The van der Waals surface area contributed by atoms with Gasteiger partial charge in [-0.15, -0.1) is 0 Å². The molecule has 0 saturated carbocycles. The van der Waals surface area contributed by atoms with Gasteiger partial charge >= 0.3 is 6.09 Å². The van der Waals surface area contributed by atoms with Crippen molar-refractivity contribution in [3.8, 4) is 0 Å². The van der Waals surface area contributed by atoms with Crippen molar-refractivity contribution in [2.24, 2.45) is 5.92 Å². The lowest BCUT2D eigenvalue weighted by molar-refractivity contribution is -0.138. The molecule has 2 saturated heterocycles. The molecule has 1 atom stereocenters. The second kappa shape index (κ2) is 6.92. The summed E-state index contributed by atoms with van der Waals surface area (Å²) in [6.45, 7) is 6.84. The van der Waals surface area contributed by atoms with Crippen LogP contribution in [0, 0.1) is 5.92 Å².